The molecular formula is C20H28N2O3S. The number of hydrogen-bond donors (Lipinski definition) is 1. The van der Waals surface area contributed by atoms with Crippen molar-refractivity contribution in [3.63, 3.8) is 0 Å². The van der Waals surface area contributed by atoms with E-state index in [1.807, 2.05) is 0 Å². The van der Waals surface area contributed by atoms with Gasteiger partial charge >= 0.3 is 0 Å². The van der Waals surface area contributed by atoms with Gasteiger partial charge in [-0.15, -0.1) is 0 Å². The second kappa shape index (κ2) is 7.31. The van der Waals surface area contributed by atoms with E-state index in [0.717, 1.165) is 38.5 Å². The summed E-state index contributed by atoms with van der Waals surface area (Å²) in [6, 6.07) is 6.75. The van der Waals surface area contributed by atoms with Crippen molar-refractivity contribution in [3.05, 3.63) is 24.3 Å². The lowest BCUT2D eigenvalue weighted by molar-refractivity contribution is -0.117. The summed E-state index contributed by atoms with van der Waals surface area (Å²) in [5.41, 5.74) is 0.592. The van der Waals surface area contributed by atoms with E-state index < -0.39 is 10.0 Å². The fourth-order valence-corrected chi connectivity index (χ4v) is 6.34. The van der Waals surface area contributed by atoms with Gasteiger partial charge in [0.2, 0.25) is 15.9 Å². The first-order chi connectivity index (χ1) is 12.6. The van der Waals surface area contributed by atoms with Crippen LogP contribution in [0.3, 0.4) is 0 Å². The number of rotatable bonds is 4. The molecule has 1 aromatic rings. The fourth-order valence-electron chi connectivity index (χ4n) is 4.77. The Kier molecular flexibility index (Phi) is 5.06. The van der Waals surface area contributed by atoms with Gasteiger partial charge in [-0.2, -0.15) is 4.31 Å². The Balaban J connectivity index is 1.47. The maximum Gasteiger partial charge on any atom is 0.243 e. The topological polar surface area (TPSA) is 66.5 Å². The SMILES string of the molecule is O=C(Nc1cccc(S(=O)(=O)N2CCCCCC2)c1)C1[C@H]2CCCC[C@H]12. The molecule has 0 spiro atoms. The molecule has 6 heteroatoms. The number of anilines is 1. The maximum absolute atomic E-state index is 12.9. The van der Waals surface area contributed by atoms with Crippen molar-refractivity contribution in [2.45, 2.75) is 56.3 Å². The van der Waals surface area contributed by atoms with E-state index in [1.165, 1.54) is 12.8 Å². The predicted molar refractivity (Wildman–Crippen MR) is 101 cm³/mol. The molecule has 3 fully saturated rings. The van der Waals surface area contributed by atoms with Crippen molar-refractivity contribution in [1.82, 2.24) is 4.31 Å². The molecule has 1 aliphatic heterocycles. The molecule has 142 valence electrons. The Morgan fingerprint density at radius 2 is 1.62 bits per heavy atom. The van der Waals surface area contributed by atoms with E-state index in [9.17, 15) is 13.2 Å². The van der Waals surface area contributed by atoms with E-state index in [-0.39, 0.29) is 16.7 Å². The van der Waals surface area contributed by atoms with Crippen molar-refractivity contribution in [2.24, 2.45) is 17.8 Å². The molecule has 2 aliphatic carbocycles. The molecule has 4 rings (SSSR count). The number of carbonyl (C=O) groups excluding carboxylic acids is 1. The summed E-state index contributed by atoms with van der Waals surface area (Å²) in [5, 5.41) is 2.97. The quantitative estimate of drug-likeness (QED) is 0.873. The third-order valence-electron chi connectivity index (χ3n) is 6.26. The number of nitrogens with one attached hydrogen (secondary N) is 1. The fraction of sp³-hybridized carbons (Fsp3) is 0.650. The van der Waals surface area contributed by atoms with E-state index in [4.69, 9.17) is 0 Å². The van der Waals surface area contributed by atoms with Crippen molar-refractivity contribution >= 4 is 21.6 Å². The average Bonchev–Trinajstić information content (AvgIpc) is 3.41. The zero-order chi connectivity index (χ0) is 18.1. The summed E-state index contributed by atoms with van der Waals surface area (Å²) in [7, 11) is -3.49. The summed E-state index contributed by atoms with van der Waals surface area (Å²) in [6.45, 7) is 1.18. The number of sulfonamides is 1. The minimum absolute atomic E-state index is 0.0613. The molecular weight excluding hydrogens is 348 g/mol. The van der Waals surface area contributed by atoms with Gasteiger partial charge in [-0.05, 0) is 55.7 Å². The number of benzene rings is 1. The molecule has 2 atom stereocenters. The predicted octanol–water partition coefficient (Wildman–Crippen LogP) is 3.63. The summed E-state index contributed by atoms with van der Waals surface area (Å²) in [6.07, 6.45) is 8.79. The van der Waals surface area contributed by atoms with Gasteiger partial charge in [0.1, 0.15) is 0 Å². The summed E-state index contributed by atoms with van der Waals surface area (Å²) >= 11 is 0. The zero-order valence-electron chi connectivity index (χ0n) is 15.2. The van der Waals surface area contributed by atoms with Crippen LogP contribution in [0.15, 0.2) is 29.2 Å². The summed E-state index contributed by atoms with van der Waals surface area (Å²) in [5.74, 6) is 1.29. The third-order valence-corrected chi connectivity index (χ3v) is 8.16. The van der Waals surface area contributed by atoms with Gasteiger partial charge in [0.15, 0.2) is 0 Å². The van der Waals surface area contributed by atoms with Crippen molar-refractivity contribution in [2.75, 3.05) is 18.4 Å². The van der Waals surface area contributed by atoms with E-state index >= 15 is 0 Å². The van der Waals surface area contributed by atoms with E-state index in [0.29, 0.717) is 30.6 Å². The normalized spacial score (nSPS) is 29.5. The second-order valence-electron chi connectivity index (χ2n) is 7.97. The lowest BCUT2D eigenvalue weighted by atomic mass is 10.0. The van der Waals surface area contributed by atoms with Crippen LogP contribution in [-0.2, 0) is 14.8 Å². The molecule has 1 heterocycles. The van der Waals surface area contributed by atoms with Crippen LogP contribution in [0, 0.1) is 17.8 Å². The van der Waals surface area contributed by atoms with Gasteiger partial charge in [-0.3, -0.25) is 4.79 Å². The molecule has 1 N–H and O–H groups in total. The number of amides is 1. The van der Waals surface area contributed by atoms with Crippen LogP contribution in [0.25, 0.3) is 0 Å². The first-order valence-corrected chi connectivity index (χ1v) is 11.4. The van der Waals surface area contributed by atoms with Crippen LogP contribution in [0.2, 0.25) is 0 Å². The van der Waals surface area contributed by atoms with Crippen LogP contribution in [0.1, 0.15) is 51.4 Å². The highest BCUT2D eigenvalue weighted by Gasteiger charge is 2.54. The highest BCUT2D eigenvalue weighted by atomic mass is 32.2. The lowest BCUT2D eigenvalue weighted by Gasteiger charge is -2.20. The Labute approximate surface area is 156 Å². The highest BCUT2D eigenvalue weighted by Crippen LogP contribution is 2.55. The Morgan fingerprint density at radius 3 is 2.27 bits per heavy atom. The van der Waals surface area contributed by atoms with Gasteiger partial charge in [-0.1, -0.05) is 31.7 Å². The largest absolute Gasteiger partial charge is 0.326 e. The molecule has 0 radical (unpaired) electrons. The Hall–Kier alpha value is -1.40. The van der Waals surface area contributed by atoms with Crippen LogP contribution in [0.5, 0.6) is 0 Å². The molecule has 0 aromatic heterocycles. The van der Waals surface area contributed by atoms with E-state index in [2.05, 4.69) is 5.32 Å². The molecule has 26 heavy (non-hydrogen) atoms. The highest BCUT2D eigenvalue weighted by molar-refractivity contribution is 7.89. The summed E-state index contributed by atoms with van der Waals surface area (Å²) in [4.78, 5) is 12.9. The van der Waals surface area contributed by atoms with Gasteiger partial charge < -0.3 is 5.32 Å². The number of fused-ring (bicyclic) bond motifs is 1. The molecule has 5 nitrogen and oxygen atoms in total. The average molecular weight is 377 g/mol. The molecule has 0 unspecified atom stereocenters. The van der Waals surface area contributed by atoms with Crippen LogP contribution >= 0.6 is 0 Å². The molecule has 2 saturated carbocycles. The smallest absolute Gasteiger partial charge is 0.243 e. The lowest BCUT2D eigenvalue weighted by Crippen LogP contribution is -2.32. The van der Waals surface area contributed by atoms with Crippen LogP contribution < -0.4 is 5.32 Å². The minimum atomic E-state index is -3.49. The van der Waals surface area contributed by atoms with Gasteiger partial charge in [0.25, 0.3) is 0 Å². The molecule has 1 amide bonds. The number of hydrogen-bond acceptors (Lipinski definition) is 3. The second-order valence-corrected chi connectivity index (χ2v) is 9.91. The molecule has 3 aliphatic rings. The van der Waals surface area contributed by atoms with Crippen LogP contribution in [-0.4, -0.2) is 31.7 Å². The molecule has 0 bridgehead atoms. The van der Waals surface area contributed by atoms with Crippen LogP contribution in [0.4, 0.5) is 5.69 Å². The standard InChI is InChI=1S/C20H28N2O3S/c23-20(19-17-10-3-4-11-18(17)19)21-15-8-7-9-16(14-15)26(24,25)22-12-5-1-2-6-13-22/h7-9,14,17-19H,1-6,10-13H2,(H,21,23)/t17-,18-/m0/s1. The van der Waals surface area contributed by atoms with Gasteiger partial charge in [0.05, 0.1) is 4.90 Å². The van der Waals surface area contributed by atoms with Gasteiger partial charge in [-0.25, -0.2) is 8.42 Å². The van der Waals surface area contributed by atoms with Crippen molar-refractivity contribution < 1.29 is 13.2 Å². The monoisotopic (exact) mass is 376 g/mol. The minimum Gasteiger partial charge on any atom is -0.326 e. The Bertz CT molecular complexity index is 757. The van der Waals surface area contributed by atoms with E-state index in [1.54, 1.807) is 28.6 Å². The first-order valence-electron chi connectivity index (χ1n) is 9.98. The first kappa shape index (κ1) is 18.0. The van der Waals surface area contributed by atoms with Gasteiger partial charge in [0, 0.05) is 24.7 Å². The number of carbonyl (C=O) groups is 1. The van der Waals surface area contributed by atoms with Crippen molar-refractivity contribution in [3.8, 4) is 0 Å². The molecule has 1 saturated heterocycles. The summed E-state index contributed by atoms with van der Waals surface area (Å²) < 4.78 is 27.5. The third kappa shape index (κ3) is 3.54. The zero-order valence-corrected chi connectivity index (χ0v) is 16.0. The Morgan fingerprint density at radius 1 is 0.962 bits per heavy atom. The van der Waals surface area contributed by atoms with Crippen molar-refractivity contribution in [1.29, 1.82) is 0 Å². The molecule has 1 aromatic carbocycles. The number of nitrogens with zero attached hydrogens (tertiary/aromatic N) is 1. The maximum atomic E-state index is 12.9.